The second kappa shape index (κ2) is 32.2. The molecule has 22 nitrogen and oxygen atoms in total. The first kappa shape index (κ1) is 63.8. The lowest BCUT2D eigenvalue weighted by Gasteiger charge is -2.46. The first-order valence-electron chi connectivity index (χ1n) is 25.2. The molecule has 19 atom stereocenters. The number of aliphatic hydroxyl groups excluding tert-OH is 9. The maximum absolute atomic E-state index is 13.6. The molecule has 0 aliphatic carbocycles. The third-order valence-electron chi connectivity index (χ3n) is 13.0. The van der Waals surface area contributed by atoms with Crippen LogP contribution in [0.15, 0.2) is 85.1 Å². The predicted octanol–water partition coefficient (Wildman–Crippen LogP) is -0.829. The molecule has 0 radical (unpaired) electrons. The van der Waals surface area contributed by atoms with Gasteiger partial charge in [0.2, 0.25) is 17.7 Å². The van der Waals surface area contributed by atoms with E-state index in [2.05, 4.69) is 21.5 Å². The van der Waals surface area contributed by atoms with E-state index < -0.39 is 159 Å². The van der Waals surface area contributed by atoms with E-state index in [1.165, 1.54) is 20.0 Å². The summed E-state index contributed by atoms with van der Waals surface area (Å²) < 4.78 is 23.7. The van der Waals surface area contributed by atoms with E-state index in [9.17, 15) is 70.2 Å². The Kier molecular flexibility index (Phi) is 27.7. The Morgan fingerprint density at radius 1 is 0.676 bits per heavy atom. The van der Waals surface area contributed by atoms with E-state index in [0.717, 1.165) is 6.92 Å². The van der Waals surface area contributed by atoms with Crippen LogP contribution in [0, 0.1) is 17.8 Å². The molecule has 418 valence electrons. The minimum absolute atomic E-state index is 0.130. The van der Waals surface area contributed by atoms with Gasteiger partial charge in [0.05, 0.1) is 86.0 Å². The van der Waals surface area contributed by atoms with E-state index in [0.29, 0.717) is 0 Å². The van der Waals surface area contributed by atoms with Gasteiger partial charge in [-0.25, -0.2) is 0 Å². The normalized spacial score (nSPS) is 41.2. The van der Waals surface area contributed by atoms with Gasteiger partial charge in [0.15, 0.2) is 12.1 Å². The van der Waals surface area contributed by atoms with E-state index >= 15 is 0 Å². The van der Waals surface area contributed by atoms with Crippen LogP contribution in [-0.4, -0.2) is 186 Å². The molecule has 2 bridgehead atoms. The number of allylic oxidation sites excluding steroid dienone is 12. The quantitative estimate of drug-likeness (QED) is 0.114. The molecule has 3 aliphatic rings. The highest BCUT2D eigenvalue weighted by Crippen LogP contribution is 2.38. The zero-order valence-corrected chi connectivity index (χ0v) is 43.1. The number of hydrogen-bond donors (Lipinski definition) is 14. The Bertz CT molecular complexity index is 1960. The highest BCUT2D eigenvalue weighted by molar-refractivity contribution is 5.83. The number of likely N-dealkylation sites (N-methyl/N-ethyl adjacent to an activating group) is 1. The highest BCUT2D eigenvalue weighted by atomic mass is 16.7. The lowest BCUT2D eigenvalue weighted by atomic mass is 9.82. The predicted molar refractivity (Wildman–Crippen MR) is 269 cm³/mol. The van der Waals surface area contributed by atoms with Crippen molar-refractivity contribution in [2.24, 2.45) is 17.8 Å². The number of carbonyl (C=O) groups excluding carboxylic acids is 4. The van der Waals surface area contributed by atoms with Crippen molar-refractivity contribution in [1.82, 2.24) is 21.5 Å². The molecule has 0 aromatic heterocycles. The zero-order chi connectivity index (χ0) is 55.1. The van der Waals surface area contributed by atoms with Crippen LogP contribution in [0.2, 0.25) is 0 Å². The van der Waals surface area contributed by atoms with Crippen molar-refractivity contribution in [3.63, 3.8) is 0 Å². The van der Waals surface area contributed by atoms with Crippen LogP contribution in [0.3, 0.4) is 0 Å². The molecular weight excluding hydrogens is 969 g/mol. The Morgan fingerprint density at radius 3 is 1.86 bits per heavy atom. The monoisotopic (exact) mass is 1050 g/mol. The Labute approximate surface area is 433 Å². The third-order valence-corrected chi connectivity index (χ3v) is 13.0. The second-order valence-corrected chi connectivity index (χ2v) is 19.4. The molecule has 22 heteroatoms. The van der Waals surface area contributed by atoms with Gasteiger partial charge >= 0.3 is 5.97 Å². The van der Waals surface area contributed by atoms with Crippen molar-refractivity contribution >= 4 is 23.7 Å². The molecule has 0 unspecified atom stereocenters. The zero-order valence-electron chi connectivity index (χ0n) is 43.1. The second-order valence-electron chi connectivity index (χ2n) is 19.4. The summed E-state index contributed by atoms with van der Waals surface area (Å²) in [7, 11) is 1.54. The fourth-order valence-electron chi connectivity index (χ4n) is 8.76. The lowest BCUT2D eigenvalue weighted by molar-refractivity contribution is -0.307. The van der Waals surface area contributed by atoms with Crippen molar-refractivity contribution in [2.45, 2.75) is 183 Å². The SMILES string of the molecule is CNCC(=O)N[C@@H]1[C@H](O)[C@@H](O[C@H]2/C=C/C=C/C=C/C=C/C=C/C=C/C=C/[C@H](C)[C@@H](O)[C@@H](C)[C@H](C)OC(=O)C[C@H](O)C[C@H](O)CC[C@@H](O)[C@H](O)C[C@H](O)C[C@]3(O)C[C@H](O)[C@@H](C(=O)NNC(C)=O)[C@H](C2)O3)O[C@@H](C)[C@H]1O. The average molecular weight is 1050 g/mol. The van der Waals surface area contributed by atoms with Gasteiger partial charge in [-0.05, 0) is 40.2 Å². The minimum atomic E-state index is -2.38. The molecular formula is C52H82N4O18. The molecule has 3 aliphatic heterocycles. The number of ether oxygens (including phenoxy) is 4. The van der Waals surface area contributed by atoms with Gasteiger partial charge in [0, 0.05) is 44.4 Å². The van der Waals surface area contributed by atoms with Gasteiger partial charge in [-0.1, -0.05) is 98.9 Å². The molecule has 3 rings (SSSR count). The average Bonchev–Trinajstić information content (AvgIpc) is 3.31. The van der Waals surface area contributed by atoms with Gasteiger partial charge in [-0.3, -0.25) is 30.0 Å². The first-order chi connectivity index (χ1) is 34.9. The maximum atomic E-state index is 13.6. The topological polar surface area (TPSA) is 356 Å². The van der Waals surface area contributed by atoms with E-state index in [1.54, 1.807) is 86.8 Å². The number of aliphatic hydroxyl groups is 10. The summed E-state index contributed by atoms with van der Waals surface area (Å²) in [6.45, 7) is 7.70. The standard InChI is InChI=1S/C52H82N4O18/c1-30-19-17-15-13-11-9-7-8-10-12-14-16-18-20-38(73-51-49(68)46(48(67)33(4)72-51)54-43(64)29-53-6)26-42-45(50(69)56-55-34(5)57)41(63)28-52(70,74-42)27-37(60)24-40(62)39(61)22-21-35(58)23-36(59)25-44(65)71-32(3)31(2)47(30)66/h7-20,30-33,35-42,45-49,51,53,58-63,66-68,70H,21-29H2,1-6H3,(H,54,64)(H,55,57)(H,56,69)/b8-7+,11-9+,12-10+,15-13+,16-14+,19-17+,20-18+/t30-,31-,32-,33-,35+,36+,37-,38-,39+,40+,41-,42-,45+,46-,47+,48+,49-,51+,52+/m0/s1. The molecule has 0 aromatic carbocycles. The molecule has 2 fully saturated rings. The number of hydrazine groups is 1. The molecule has 2 saturated heterocycles. The Hall–Kier alpha value is -4.50. The molecule has 3 amide bonds. The van der Waals surface area contributed by atoms with Gasteiger partial charge in [-0.15, -0.1) is 0 Å². The molecule has 0 spiro atoms. The van der Waals surface area contributed by atoms with Crippen molar-refractivity contribution in [3.05, 3.63) is 85.1 Å². The van der Waals surface area contributed by atoms with Crippen LogP contribution in [-0.2, 0) is 38.1 Å². The van der Waals surface area contributed by atoms with E-state index in [1.807, 2.05) is 13.0 Å². The molecule has 0 aromatic rings. The van der Waals surface area contributed by atoms with E-state index in [-0.39, 0.29) is 38.1 Å². The Morgan fingerprint density at radius 2 is 1.27 bits per heavy atom. The Balaban J connectivity index is 1.98. The fraction of sp³-hybridized carbons (Fsp3) is 0.654. The van der Waals surface area contributed by atoms with Gasteiger partial charge in [0.25, 0.3) is 0 Å². The first-order valence-corrected chi connectivity index (χ1v) is 25.2. The fourth-order valence-corrected chi connectivity index (χ4v) is 8.76. The van der Waals surface area contributed by atoms with Crippen LogP contribution in [0.4, 0.5) is 0 Å². The summed E-state index contributed by atoms with van der Waals surface area (Å²) in [4.78, 5) is 50.6. The van der Waals surface area contributed by atoms with E-state index in [4.69, 9.17) is 18.9 Å². The number of cyclic esters (lactones) is 1. The van der Waals surface area contributed by atoms with Gasteiger partial charge in [-0.2, -0.15) is 0 Å². The van der Waals surface area contributed by atoms with Crippen molar-refractivity contribution in [2.75, 3.05) is 13.6 Å². The van der Waals surface area contributed by atoms with Gasteiger partial charge in [0.1, 0.15) is 18.3 Å². The molecule has 0 saturated carbocycles. The smallest absolute Gasteiger partial charge is 0.308 e. The van der Waals surface area contributed by atoms with Crippen LogP contribution in [0.1, 0.15) is 86.0 Å². The summed E-state index contributed by atoms with van der Waals surface area (Å²) in [5.74, 6) is -7.50. The number of amides is 3. The molecule has 3 heterocycles. The highest BCUT2D eigenvalue weighted by Gasteiger charge is 2.51. The summed E-state index contributed by atoms with van der Waals surface area (Å²) in [6.07, 6.45) is 2.25. The van der Waals surface area contributed by atoms with Gasteiger partial charge < -0.3 is 80.6 Å². The number of carbonyl (C=O) groups is 4. The molecule has 74 heavy (non-hydrogen) atoms. The van der Waals surface area contributed by atoms with Crippen LogP contribution < -0.4 is 21.5 Å². The third kappa shape index (κ3) is 22.0. The largest absolute Gasteiger partial charge is 0.462 e. The number of fused-ring (bicyclic) bond motifs is 2. The maximum Gasteiger partial charge on any atom is 0.308 e. The summed E-state index contributed by atoms with van der Waals surface area (Å²) in [6, 6.07) is -1.25. The number of hydrogen-bond acceptors (Lipinski definition) is 19. The van der Waals surface area contributed by atoms with Crippen molar-refractivity contribution in [3.8, 4) is 0 Å². The van der Waals surface area contributed by atoms with Crippen molar-refractivity contribution < 1.29 is 89.2 Å². The summed E-state index contributed by atoms with van der Waals surface area (Å²) >= 11 is 0. The van der Waals surface area contributed by atoms with Crippen LogP contribution in [0.5, 0.6) is 0 Å². The number of rotatable bonds is 6. The number of nitrogens with one attached hydrogen (secondary N) is 4. The van der Waals surface area contributed by atoms with Crippen LogP contribution >= 0.6 is 0 Å². The van der Waals surface area contributed by atoms with Crippen LogP contribution in [0.25, 0.3) is 0 Å². The lowest BCUT2D eigenvalue weighted by Crippen LogP contribution is -2.64. The summed E-state index contributed by atoms with van der Waals surface area (Å²) in [5, 5.41) is 116. The minimum Gasteiger partial charge on any atom is -0.462 e. The molecule has 14 N–H and O–H groups in total. The summed E-state index contributed by atoms with van der Waals surface area (Å²) in [5.41, 5.74) is 4.37. The van der Waals surface area contributed by atoms with Crippen molar-refractivity contribution in [1.29, 1.82) is 0 Å². The number of esters is 1.